The summed E-state index contributed by atoms with van der Waals surface area (Å²) >= 11 is -0.231. The van der Waals surface area contributed by atoms with E-state index in [0.717, 1.165) is 6.08 Å². The van der Waals surface area contributed by atoms with Crippen LogP contribution in [-0.4, -0.2) is 4.75 Å². The summed E-state index contributed by atoms with van der Waals surface area (Å²) in [4.78, 5) is 9.72. The van der Waals surface area contributed by atoms with E-state index in [4.69, 9.17) is 0 Å². The van der Waals surface area contributed by atoms with E-state index in [1.54, 1.807) is 0 Å². The van der Waals surface area contributed by atoms with Gasteiger partial charge in [-0.25, -0.2) is 0 Å². The van der Waals surface area contributed by atoms with E-state index in [1.807, 2.05) is 0 Å². The van der Waals surface area contributed by atoms with Crippen LogP contribution in [0.2, 0.25) is 0 Å². The van der Waals surface area contributed by atoms with E-state index in [9.17, 15) is 8.69 Å². The minimum Gasteiger partial charge on any atom is 0 e. The van der Waals surface area contributed by atoms with Crippen LogP contribution >= 0.6 is 0 Å². The number of carbonyl (C=O) groups is 1. The van der Waals surface area contributed by atoms with E-state index in [-0.39, 0.29) is 51.9 Å². The van der Waals surface area contributed by atoms with Crippen LogP contribution in [0.25, 0.3) is 0 Å². The predicted octanol–water partition coefficient (Wildman–Crippen LogP) is 0.122. The van der Waals surface area contributed by atoms with Crippen molar-refractivity contribution in [2.45, 2.75) is 0 Å². The molecular formula is C3H3MoNi2O2. The summed E-state index contributed by atoms with van der Waals surface area (Å²) in [6.45, 7) is 3.07. The molecule has 5 heteroatoms. The Labute approximate surface area is 77.7 Å². The van der Waals surface area contributed by atoms with Gasteiger partial charge < -0.3 is 0 Å². The molecule has 0 unspecified atom stereocenters. The van der Waals surface area contributed by atoms with Gasteiger partial charge in [0.1, 0.15) is 0 Å². The van der Waals surface area contributed by atoms with Crippen molar-refractivity contribution in [1.29, 1.82) is 0 Å². The van der Waals surface area contributed by atoms with E-state index < -0.39 is 4.75 Å². The standard InChI is InChI=1S/C3H3O.Mo.2Ni.O/c1-2-3-4;;;;/h2H,1H2;;;;. The van der Waals surface area contributed by atoms with Crippen LogP contribution in [0.3, 0.4) is 0 Å². The summed E-state index contributed by atoms with van der Waals surface area (Å²) in [5.74, 6) is 0. The zero-order chi connectivity index (χ0) is 4.99. The second kappa shape index (κ2) is 10.8. The third-order valence-electron chi connectivity index (χ3n) is 0.212. The van der Waals surface area contributed by atoms with E-state index >= 15 is 0 Å². The molecule has 0 aromatic heterocycles. The minimum atomic E-state index is -0.512. The third-order valence-corrected chi connectivity index (χ3v) is 0.612. The maximum atomic E-state index is 9.72. The first-order valence-electron chi connectivity index (χ1n) is 1.19. The Bertz CT molecular complexity index is 83.3. The molecule has 0 radical (unpaired) electrons. The molecule has 0 bridgehead atoms. The van der Waals surface area contributed by atoms with Crippen LogP contribution in [0.5, 0.6) is 0 Å². The molecule has 0 saturated heterocycles. The topological polar surface area (TPSA) is 34.1 Å². The normalized spacial score (nSPS) is 6.00. The van der Waals surface area contributed by atoms with Crippen molar-refractivity contribution in [2.24, 2.45) is 0 Å². The second-order valence-corrected chi connectivity index (χ2v) is 1.23. The Hall–Kier alpha value is 0.885. The van der Waals surface area contributed by atoms with Crippen molar-refractivity contribution in [3.63, 3.8) is 0 Å². The number of rotatable bonds is 2. The van der Waals surface area contributed by atoms with Gasteiger partial charge in [0.05, 0.1) is 0 Å². The van der Waals surface area contributed by atoms with Gasteiger partial charge in [0.25, 0.3) is 0 Å². The fourth-order valence-corrected chi connectivity index (χ4v) is 0.109. The zero-order valence-electron chi connectivity index (χ0n) is 3.64. The average molecular weight is 284 g/mol. The van der Waals surface area contributed by atoms with Crippen LogP contribution in [0.4, 0.5) is 0 Å². The van der Waals surface area contributed by atoms with Crippen LogP contribution in [-0.2, 0) is 60.6 Å². The van der Waals surface area contributed by atoms with Gasteiger partial charge in [0, 0.05) is 37.6 Å². The van der Waals surface area contributed by atoms with Gasteiger partial charge in [-0.05, 0) is 0 Å². The van der Waals surface area contributed by atoms with Crippen molar-refractivity contribution >= 4 is 4.75 Å². The number of allylic oxidation sites excluding steroid dienone is 1. The maximum Gasteiger partial charge on any atom is 0 e. The Morgan fingerprint density at radius 2 is 2.00 bits per heavy atom. The van der Waals surface area contributed by atoms with Gasteiger partial charge in [0.2, 0.25) is 0 Å². The molecule has 53 valence electrons. The Morgan fingerprint density at radius 3 is 2.00 bits per heavy atom. The molecule has 8 heavy (non-hydrogen) atoms. The second-order valence-electron chi connectivity index (χ2n) is 0.542. The largest absolute Gasteiger partial charge is 0 e. The Balaban J connectivity index is -0.000000125. The monoisotopic (exact) mass is 285 g/mol. The van der Waals surface area contributed by atoms with Crippen LogP contribution < -0.4 is 0 Å². The molecule has 0 atom stereocenters. The molecule has 0 N–H and O–H groups in total. The van der Waals surface area contributed by atoms with Crippen molar-refractivity contribution in [3.05, 3.63) is 12.7 Å². The molecule has 0 fully saturated rings. The molecule has 2 nitrogen and oxygen atoms in total. The molecule has 0 saturated carbocycles. The van der Waals surface area contributed by atoms with Gasteiger partial charge in [0.15, 0.2) is 0 Å². The van der Waals surface area contributed by atoms with E-state index in [0.29, 0.717) is 0 Å². The number of carbonyl (C=O) groups excluding carboxylic acids is 1. The Kier molecular flexibility index (Phi) is 21.5. The fourth-order valence-electron chi connectivity index (χ4n) is 0.0264. The summed E-state index contributed by atoms with van der Waals surface area (Å²) in [6, 6.07) is 0. The van der Waals surface area contributed by atoms with Gasteiger partial charge >= 0.3 is 40.5 Å². The third kappa shape index (κ3) is 9.99. The van der Waals surface area contributed by atoms with Crippen LogP contribution in [0.1, 0.15) is 0 Å². The summed E-state index contributed by atoms with van der Waals surface area (Å²) in [5, 5.41) is 0. The SMILES string of the molecule is C=C[C](=O)[Ni]=[O].[Mo].[Ni]. The molecule has 0 amide bonds. The van der Waals surface area contributed by atoms with Crippen molar-refractivity contribution in [3.8, 4) is 0 Å². The maximum absolute atomic E-state index is 9.72. The molecule has 0 rings (SSSR count). The molecular weight excluding hydrogens is 281 g/mol. The molecule has 0 aromatic carbocycles. The first-order valence-corrected chi connectivity index (χ1v) is 2.09. The van der Waals surface area contributed by atoms with Gasteiger partial charge in [-0.15, -0.1) is 0 Å². The predicted molar refractivity (Wildman–Crippen MR) is 15.9 cm³/mol. The first-order chi connectivity index (χ1) is 2.81. The van der Waals surface area contributed by atoms with E-state index in [2.05, 4.69) is 6.58 Å². The minimum absolute atomic E-state index is 0. The van der Waals surface area contributed by atoms with Crippen molar-refractivity contribution in [1.82, 2.24) is 0 Å². The quantitative estimate of drug-likeness (QED) is 0.533. The van der Waals surface area contributed by atoms with Gasteiger partial charge in [-0.1, -0.05) is 0 Å². The number of hydrogen-bond donors (Lipinski definition) is 0. The summed E-state index contributed by atoms with van der Waals surface area (Å²) in [7, 11) is 0. The van der Waals surface area contributed by atoms with Crippen LogP contribution in [0.15, 0.2) is 12.7 Å². The molecule has 0 aliphatic carbocycles. The molecule has 0 heterocycles. The molecule has 0 aliphatic rings. The van der Waals surface area contributed by atoms with Gasteiger partial charge in [-0.2, -0.15) is 0 Å². The fraction of sp³-hybridized carbons (Fsp3) is 0. The summed E-state index contributed by atoms with van der Waals surface area (Å²) in [6.07, 6.45) is 0.993. The summed E-state index contributed by atoms with van der Waals surface area (Å²) < 4.78 is 8.87. The molecule has 0 aromatic rings. The van der Waals surface area contributed by atoms with E-state index in [1.165, 1.54) is 0 Å². The molecule has 0 aliphatic heterocycles. The Morgan fingerprint density at radius 1 is 1.62 bits per heavy atom. The van der Waals surface area contributed by atoms with Crippen LogP contribution in [0, 0.1) is 0 Å². The van der Waals surface area contributed by atoms with Crippen molar-refractivity contribution < 1.29 is 60.6 Å². The average Bonchev–Trinajstić information content (AvgIpc) is 1.65. The van der Waals surface area contributed by atoms with Gasteiger partial charge in [-0.3, -0.25) is 0 Å². The van der Waals surface area contributed by atoms with Crippen molar-refractivity contribution in [2.75, 3.05) is 0 Å². The number of hydrogen-bond acceptors (Lipinski definition) is 2. The first kappa shape index (κ1) is 16.0. The summed E-state index contributed by atoms with van der Waals surface area (Å²) in [5.41, 5.74) is 0. The zero-order valence-corrected chi connectivity index (χ0v) is 7.62. The molecule has 0 spiro atoms. The smallest absolute Gasteiger partial charge is 0 e.